The van der Waals surface area contributed by atoms with Crippen molar-refractivity contribution in [3.63, 3.8) is 0 Å². The second-order valence-corrected chi connectivity index (χ2v) is 3.79. The Morgan fingerprint density at radius 2 is 2.06 bits per heavy atom. The molecule has 5 heteroatoms. The number of carbonyl (C=O) groups is 1. The fourth-order valence-electron chi connectivity index (χ4n) is 1.59. The first-order chi connectivity index (χ1) is 8.31. The molecule has 1 atom stereocenters. The van der Waals surface area contributed by atoms with E-state index >= 15 is 0 Å². The van der Waals surface area contributed by atoms with Gasteiger partial charge in [0.25, 0.3) is 0 Å². The van der Waals surface area contributed by atoms with Crippen molar-refractivity contribution in [2.75, 3.05) is 7.11 Å². The standard InChI is InChI=1S/C13H13F3O2/c1-4-9-7-10(8(2)12(17)18-3)5-6-11(9)13(14,15)16/h4-8H,1H2,2-3H3. The fraction of sp³-hybridized carbons (Fsp3) is 0.308. The lowest BCUT2D eigenvalue weighted by atomic mass is 9.96. The summed E-state index contributed by atoms with van der Waals surface area (Å²) in [7, 11) is 1.23. The number of hydrogen-bond acceptors (Lipinski definition) is 2. The Morgan fingerprint density at radius 1 is 1.44 bits per heavy atom. The molecule has 0 radical (unpaired) electrons. The number of alkyl halides is 3. The van der Waals surface area contributed by atoms with Crippen molar-refractivity contribution in [1.82, 2.24) is 0 Å². The fourth-order valence-corrected chi connectivity index (χ4v) is 1.59. The van der Waals surface area contributed by atoms with Gasteiger partial charge in [0.15, 0.2) is 0 Å². The highest BCUT2D eigenvalue weighted by Gasteiger charge is 2.33. The van der Waals surface area contributed by atoms with E-state index in [0.717, 1.165) is 12.1 Å². The average molecular weight is 258 g/mol. The van der Waals surface area contributed by atoms with E-state index in [1.807, 2.05) is 0 Å². The molecule has 0 aromatic heterocycles. The van der Waals surface area contributed by atoms with Crippen LogP contribution in [0.3, 0.4) is 0 Å². The average Bonchev–Trinajstić information content (AvgIpc) is 2.34. The minimum absolute atomic E-state index is 0.0456. The van der Waals surface area contributed by atoms with Crippen LogP contribution in [0.25, 0.3) is 6.08 Å². The van der Waals surface area contributed by atoms with E-state index in [4.69, 9.17) is 0 Å². The van der Waals surface area contributed by atoms with Crippen molar-refractivity contribution >= 4 is 12.0 Å². The summed E-state index contributed by atoms with van der Waals surface area (Å²) in [5.74, 6) is -1.11. The smallest absolute Gasteiger partial charge is 0.416 e. The quantitative estimate of drug-likeness (QED) is 0.774. The van der Waals surface area contributed by atoms with Gasteiger partial charge in [0, 0.05) is 0 Å². The molecule has 0 aliphatic carbocycles. The number of methoxy groups -OCH3 is 1. The number of carbonyl (C=O) groups excluding carboxylic acids is 1. The highest BCUT2D eigenvalue weighted by atomic mass is 19.4. The Hall–Kier alpha value is -1.78. The number of rotatable bonds is 3. The number of hydrogen-bond donors (Lipinski definition) is 0. The molecule has 0 heterocycles. The van der Waals surface area contributed by atoms with Crippen molar-refractivity contribution in [3.05, 3.63) is 41.5 Å². The van der Waals surface area contributed by atoms with E-state index in [2.05, 4.69) is 11.3 Å². The van der Waals surface area contributed by atoms with Crippen LogP contribution in [0.15, 0.2) is 24.8 Å². The van der Waals surface area contributed by atoms with Crippen LogP contribution < -0.4 is 0 Å². The van der Waals surface area contributed by atoms with Crippen LogP contribution >= 0.6 is 0 Å². The van der Waals surface area contributed by atoms with Crippen LogP contribution in [0, 0.1) is 0 Å². The van der Waals surface area contributed by atoms with Crippen LogP contribution in [-0.2, 0) is 15.7 Å². The van der Waals surface area contributed by atoms with Gasteiger partial charge in [0.1, 0.15) is 0 Å². The molecule has 0 N–H and O–H groups in total. The maximum atomic E-state index is 12.7. The third-order valence-corrected chi connectivity index (χ3v) is 2.66. The van der Waals surface area contributed by atoms with Gasteiger partial charge in [-0.15, -0.1) is 0 Å². The second kappa shape index (κ2) is 5.25. The van der Waals surface area contributed by atoms with Crippen LogP contribution in [0.1, 0.15) is 29.5 Å². The summed E-state index contributed by atoms with van der Waals surface area (Å²) in [6, 6.07) is 3.53. The summed E-state index contributed by atoms with van der Waals surface area (Å²) in [5, 5.41) is 0. The van der Waals surface area contributed by atoms with Gasteiger partial charge in [0.05, 0.1) is 18.6 Å². The Labute approximate surface area is 103 Å². The molecule has 2 nitrogen and oxygen atoms in total. The minimum Gasteiger partial charge on any atom is -0.469 e. The van der Waals surface area contributed by atoms with Crippen LogP contribution in [0.2, 0.25) is 0 Å². The second-order valence-electron chi connectivity index (χ2n) is 3.79. The van der Waals surface area contributed by atoms with Crippen molar-refractivity contribution in [2.24, 2.45) is 0 Å². The van der Waals surface area contributed by atoms with E-state index in [-0.39, 0.29) is 5.56 Å². The third-order valence-electron chi connectivity index (χ3n) is 2.66. The molecule has 0 aliphatic heterocycles. The van der Waals surface area contributed by atoms with Gasteiger partial charge in [-0.05, 0) is 24.1 Å². The third kappa shape index (κ3) is 2.91. The summed E-state index contributed by atoms with van der Waals surface area (Å²) >= 11 is 0. The first-order valence-corrected chi connectivity index (χ1v) is 5.22. The Morgan fingerprint density at radius 3 is 2.50 bits per heavy atom. The molecular weight excluding hydrogens is 245 g/mol. The molecule has 0 saturated heterocycles. The Kier molecular flexibility index (Phi) is 4.16. The summed E-state index contributed by atoms with van der Waals surface area (Å²) < 4.78 is 42.5. The predicted octanol–water partition coefficient (Wildman–Crippen LogP) is 3.62. The molecule has 1 aromatic rings. The maximum Gasteiger partial charge on any atom is 0.416 e. The van der Waals surface area contributed by atoms with E-state index in [0.29, 0.717) is 5.56 Å². The molecule has 1 rings (SSSR count). The largest absolute Gasteiger partial charge is 0.469 e. The molecule has 0 bridgehead atoms. The molecule has 1 unspecified atom stereocenters. The lowest BCUT2D eigenvalue weighted by Crippen LogP contribution is -2.13. The van der Waals surface area contributed by atoms with E-state index in [9.17, 15) is 18.0 Å². The van der Waals surface area contributed by atoms with Crippen LogP contribution in [0.5, 0.6) is 0 Å². The summed E-state index contributed by atoms with van der Waals surface area (Å²) in [6.45, 7) is 4.93. The van der Waals surface area contributed by atoms with Crippen molar-refractivity contribution in [1.29, 1.82) is 0 Å². The van der Waals surface area contributed by atoms with Gasteiger partial charge in [-0.25, -0.2) is 0 Å². The summed E-state index contributed by atoms with van der Waals surface area (Å²) in [6.07, 6.45) is -3.31. The number of halogens is 3. The van der Waals surface area contributed by atoms with Gasteiger partial charge < -0.3 is 4.74 Å². The predicted molar refractivity (Wildman–Crippen MR) is 62.0 cm³/mol. The zero-order valence-electron chi connectivity index (χ0n) is 10.0. The number of ether oxygens (including phenoxy) is 1. The Bertz CT molecular complexity index is 464. The minimum atomic E-state index is -4.43. The normalized spacial score (nSPS) is 12.9. The van der Waals surface area contributed by atoms with Gasteiger partial charge in [-0.2, -0.15) is 13.2 Å². The number of esters is 1. The first kappa shape index (κ1) is 14.3. The zero-order valence-corrected chi connectivity index (χ0v) is 10.0. The Balaban J connectivity index is 3.22. The summed E-state index contributed by atoms with van der Waals surface area (Å²) in [5.41, 5.74) is -0.348. The maximum absolute atomic E-state index is 12.7. The molecule has 1 aromatic carbocycles. The molecule has 0 saturated carbocycles. The van der Waals surface area contributed by atoms with E-state index < -0.39 is 23.6 Å². The molecule has 0 fully saturated rings. The van der Waals surface area contributed by atoms with E-state index in [1.165, 1.54) is 19.2 Å². The lowest BCUT2D eigenvalue weighted by Gasteiger charge is -2.14. The van der Waals surface area contributed by atoms with Gasteiger partial charge in [0.2, 0.25) is 0 Å². The lowest BCUT2D eigenvalue weighted by molar-refractivity contribution is -0.142. The summed E-state index contributed by atoms with van der Waals surface area (Å²) in [4.78, 5) is 11.3. The van der Waals surface area contributed by atoms with Crippen LogP contribution in [0.4, 0.5) is 13.2 Å². The van der Waals surface area contributed by atoms with E-state index in [1.54, 1.807) is 6.92 Å². The van der Waals surface area contributed by atoms with Crippen molar-refractivity contribution in [2.45, 2.75) is 19.0 Å². The van der Waals surface area contributed by atoms with Gasteiger partial charge in [-0.1, -0.05) is 24.8 Å². The molecule has 0 aliphatic rings. The monoisotopic (exact) mass is 258 g/mol. The zero-order chi connectivity index (χ0) is 13.9. The molecule has 0 amide bonds. The first-order valence-electron chi connectivity index (χ1n) is 5.22. The van der Waals surface area contributed by atoms with Crippen molar-refractivity contribution in [3.8, 4) is 0 Å². The van der Waals surface area contributed by atoms with Gasteiger partial charge in [-0.3, -0.25) is 4.79 Å². The highest BCUT2D eigenvalue weighted by Crippen LogP contribution is 2.34. The topological polar surface area (TPSA) is 26.3 Å². The molecular formula is C13H13F3O2. The number of benzene rings is 1. The molecule has 0 spiro atoms. The highest BCUT2D eigenvalue weighted by molar-refractivity contribution is 5.78. The van der Waals surface area contributed by atoms with Crippen molar-refractivity contribution < 1.29 is 22.7 Å². The molecule has 18 heavy (non-hydrogen) atoms. The van der Waals surface area contributed by atoms with Gasteiger partial charge >= 0.3 is 12.1 Å². The SMILES string of the molecule is C=Cc1cc(C(C)C(=O)OC)ccc1C(F)(F)F. The van der Waals surface area contributed by atoms with Crippen LogP contribution in [-0.4, -0.2) is 13.1 Å². The molecule has 98 valence electrons.